The first-order valence-electron chi connectivity index (χ1n) is 6.52. The number of carboxylic acid groups (broad SMARTS) is 1. The molecule has 0 aliphatic rings. The summed E-state index contributed by atoms with van der Waals surface area (Å²) in [6, 6.07) is 5.79. The summed E-state index contributed by atoms with van der Waals surface area (Å²) in [6.07, 6.45) is -0.0539. The summed E-state index contributed by atoms with van der Waals surface area (Å²) in [5.41, 5.74) is 0.405. The second kappa shape index (κ2) is 7.37. The molecule has 1 aromatic rings. The number of non-ortho nitro benzene ring substituents is 1. The van der Waals surface area contributed by atoms with Crippen LogP contribution in [-0.4, -0.2) is 39.9 Å². The zero-order valence-electron chi connectivity index (χ0n) is 12.0. The van der Waals surface area contributed by atoms with E-state index in [0.717, 1.165) is 0 Å². The summed E-state index contributed by atoms with van der Waals surface area (Å²) < 4.78 is 0. The van der Waals surface area contributed by atoms with Crippen LogP contribution in [0.1, 0.15) is 19.4 Å². The van der Waals surface area contributed by atoms with Crippen LogP contribution in [0.15, 0.2) is 24.3 Å². The lowest BCUT2D eigenvalue weighted by atomic mass is 10.1. The molecule has 114 valence electrons. The van der Waals surface area contributed by atoms with Gasteiger partial charge in [-0.15, -0.1) is 0 Å². The molecule has 0 unspecified atom stereocenters. The minimum absolute atomic E-state index is 0.0539. The highest BCUT2D eigenvalue weighted by Gasteiger charge is 2.19. The monoisotopic (exact) mass is 294 g/mol. The Morgan fingerprint density at radius 2 is 2.05 bits per heavy atom. The van der Waals surface area contributed by atoms with Gasteiger partial charge in [-0.1, -0.05) is 26.0 Å². The van der Waals surface area contributed by atoms with E-state index in [1.54, 1.807) is 6.07 Å². The molecule has 0 radical (unpaired) electrons. The predicted molar refractivity (Wildman–Crippen MR) is 75.9 cm³/mol. The second-order valence-electron chi connectivity index (χ2n) is 5.17. The molecule has 0 heterocycles. The molecule has 0 fully saturated rings. The molecule has 0 saturated carbocycles. The molecule has 0 aliphatic heterocycles. The number of amides is 1. The summed E-state index contributed by atoms with van der Waals surface area (Å²) in [6.45, 7) is 3.73. The van der Waals surface area contributed by atoms with Crippen molar-refractivity contribution in [2.75, 3.05) is 13.1 Å². The van der Waals surface area contributed by atoms with E-state index in [1.807, 2.05) is 13.8 Å². The van der Waals surface area contributed by atoms with Crippen LogP contribution in [0.25, 0.3) is 0 Å². The van der Waals surface area contributed by atoms with Gasteiger partial charge in [0.25, 0.3) is 5.69 Å². The SMILES string of the molecule is CC(C)CN(CC(=O)O)C(=O)Cc1cccc([N+](=O)[O-])c1. The molecular formula is C14H18N2O5. The van der Waals surface area contributed by atoms with E-state index in [2.05, 4.69) is 0 Å². The summed E-state index contributed by atoms with van der Waals surface area (Å²) in [7, 11) is 0. The Morgan fingerprint density at radius 1 is 1.38 bits per heavy atom. The molecule has 7 nitrogen and oxygen atoms in total. The Bertz CT molecular complexity index is 542. The lowest BCUT2D eigenvalue weighted by Gasteiger charge is -2.22. The van der Waals surface area contributed by atoms with Crippen molar-refractivity contribution in [3.8, 4) is 0 Å². The molecule has 0 aromatic heterocycles. The lowest BCUT2D eigenvalue weighted by molar-refractivity contribution is -0.384. The molecule has 1 aromatic carbocycles. The first-order valence-corrected chi connectivity index (χ1v) is 6.52. The van der Waals surface area contributed by atoms with Gasteiger partial charge in [0.05, 0.1) is 11.3 Å². The number of hydrogen-bond acceptors (Lipinski definition) is 4. The fourth-order valence-corrected chi connectivity index (χ4v) is 1.93. The molecule has 0 saturated heterocycles. The highest BCUT2D eigenvalue weighted by molar-refractivity contribution is 5.83. The topological polar surface area (TPSA) is 101 Å². The smallest absolute Gasteiger partial charge is 0.323 e. The largest absolute Gasteiger partial charge is 0.480 e. The van der Waals surface area contributed by atoms with Gasteiger partial charge in [0.15, 0.2) is 0 Å². The normalized spacial score (nSPS) is 10.4. The van der Waals surface area contributed by atoms with Gasteiger partial charge in [0, 0.05) is 18.7 Å². The van der Waals surface area contributed by atoms with E-state index >= 15 is 0 Å². The quantitative estimate of drug-likeness (QED) is 0.609. The van der Waals surface area contributed by atoms with Crippen molar-refractivity contribution in [1.82, 2.24) is 4.90 Å². The van der Waals surface area contributed by atoms with E-state index in [-0.39, 0.29) is 30.5 Å². The second-order valence-corrected chi connectivity index (χ2v) is 5.17. The van der Waals surface area contributed by atoms with Gasteiger partial charge in [0.2, 0.25) is 5.91 Å². The van der Waals surface area contributed by atoms with Crippen LogP contribution in [0.3, 0.4) is 0 Å². The first-order chi connectivity index (χ1) is 9.79. The Balaban J connectivity index is 2.82. The standard InChI is InChI=1S/C14H18N2O5/c1-10(2)8-15(9-14(18)19)13(17)7-11-4-3-5-12(6-11)16(20)21/h3-6,10H,7-9H2,1-2H3,(H,18,19). The molecule has 0 aliphatic carbocycles. The third-order valence-corrected chi connectivity index (χ3v) is 2.74. The van der Waals surface area contributed by atoms with Crippen molar-refractivity contribution in [3.63, 3.8) is 0 Å². The third kappa shape index (κ3) is 5.60. The van der Waals surface area contributed by atoms with Crippen LogP contribution in [-0.2, 0) is 16.0 Å². The predicted octanol–water partition coefficient (Wildman–Crippen LogP) is 1.71. The number of benzene rings is 1. The molecule has 1 rings (SSSR count). The maximum atomic E-state index is 12.2. The fourth-order valence-electron chi connectivity index (χ4n) is 1.93. The summed E-state index contributed by atoms with van der Waals surface area (Å²) in [5, 5.41) is 19.5. The van der Waals surface area contributed by atoms with E-state index in [4.69, 9.17) is 5.11 Å². The molecule has 0 atom stereocenters. The van der Waals surface area contributed by atoms with Crippen LogP contribution in [0, 0.1) is 16.0 Å². The van der Waals surface area contributed by atoms with Crippen molar-refractivity contribution in [2.24, 2.45) is 5.92 Å². The Morgan fingerprint density at radius 3 is 2.57 bits per heavy atom. The maximum Gasteiger partial charge on any atom is 0.323 e. The highest BCUT2D eigenvalue weighted by Crippen LogP contribution is 2.14. The number of hydrogen-bond donors (Lipinski definition) is 1. The van der Waals surface area contributed by atoms with Gasteiger partial charge in [-0.05, 0) is 11.5 Å². The molecule has 7 heteroatoms. The lowest BCUT2D eigenvalue weighted by Crippen LogP contribution is -2.39. The fraction of sp³-hybridized carbons (Fsp3) is 0.429. The van der Waals surface area contributed by atoms with Crippen molar-refractivity contribution in [3.05, 3.63) is 39.9 Å². The van der Waals surface area contributed by atoms with Crippen LogP contribution < -0.4 is 0 Å². The number of carbonyl (C=O) groups excluding carboxylic acids is 1. The van der Waals surface area contributed by atoms with E-state index in [1.165, 1.54) is 23.1 Å². The van der Waals surface area contributed by atoms with Gasteiger partial charge in [-0.25, -0.2) is 0 Å². The highest BCUT2D eigenvalue weighted by atomic mass is 16.6. The molecular weight excluding hydrogens is 276 g/mol. The summed E-state index contributed by atoms with van der Waals surface area (Å²) in [5.74, 6) is -1.30. The number of nitro groups is 1. The van der Waals surface area contributed by atoms with Gasteiger partial charge >= 0.3 is 5.97 Å². The molecule has 0 bridgehead atoms. The van der Waals surface area contributed by atoms with Gasteiger partial charge in [-0.3, -0.25) is 19.7 Å². The van der Waals surface area contributed by atoms with E-state index < -0.39 is 10.9 Å². The molecule has 21 heavy (non-hydrogen) atoms. The van der Waals surface area contributed by atoms with Crippen LogP contribution in [0.5, 0.6) is 0 Å². The number of nitro benzene ring substituents is 1. The van der Waals surface area contributed by atoms with Crippen LogP contribution in [0.4, 0.5) is 5.69 Å². The molecule has 0 spiro atoms. The van der Waals surface area contributed by atoms with Crippen LogP contribution in [0.2, 0.25) is 0 Å². The Kier molecular flexibility index (Phi) is 5.83. The molecule has 1 amide bonds. The van der Waals surface area contributed by atoms with Crippen molar-refractivity contribution in [1.29, 1.82) is 0 Å². The Hall–Kier alpha value is -2.44. The number of aliphatic carboxylic acids is 1. The number of nitrogens with zero attached hydrogens (tertiary/aromatic N) is 2. The molecule has 1 N–H and O–H groups in total. The number of rotatable bonds is 7. The van der Waals surface area contributed by atoms with E-state index in [0.29, 0.717) is 12.1 Å². The maximum absolute atomic E-state index is 12.2. The van der Waals surface area contributed by atoms with Crippen LogP contribution >= 0.6 is 0 Å². The minimum Gasteiger partial charge on any atom is -0.480 e. The van der Waals surface area contributed by atoms with E-state index in [9.17, 15) is 19.7 Å². The zero-order valence-corrected chi connectivity index (χ0v) is 12.0. The van der Waals surface area contributed by atoms with Crippen molar-refractivity contribution in [2.45, 2.75) is 20.3 Å². The number of carboxylic acids is 1. The summed E-state index contributed by atoms with van der Waals surface area (Å²) >= 11 is 0. The zero-order chi connectivity index (χ0) is 16.0. The Labute approximate surface area is 122 Å². The van der Waals surface area contributed by atoms with Gasteiger partial charge in [-0.2, -0.15) is 0 Å². The average Bonchev–Trinajstić information content (AvgIpc) is 2.37. The average molecular weight is 294 g/mol. The first kappa shape index (κ1) is 16.6. The van der Waals surface area contributed by atoms with Gasteiger partial charge in [0.1, 0.15) is 6.54 Å². The summed E-state index contributed by atoms with van der Waals surface area (Å²) in [4.78, 5) is 34.4. The minimum atomic E-state index is -1.08. The third-order valence-electron chi connectivity index (χ3n) is 2.74. The van der Waals surface area contributed by atoms with Gasteiger partial charge < -0.3 is 10.0 Å². The number of carbonyl (C=O) groups is 2. The van der Waals surface area contributed by atoms with Crippen molar-refractivity contribution < 1.29 is 19.6 Å². The van der Waals surface area contributed by atoms with Crippen molar-refractivity contribution >= 4 is 17.6 Å².